The van der Waals surface area contributed by atoms with Crippen LogP contribution in [0.3, 0.4) is 0 Å². The minimum atomic E-state index is -0.548. The number of benzene rings is 2. The van der Waals surface area contributed by atoms with E-state index in [0.717, 1.165) is 17.5 Å². The predicted octanol–water partition coefficient (Wildman–Crippen LogP) is 2.18. The average molecular weight is 351 g/mol. The van der Waals surface area contributed by atoms with Crippen molar-refractivity contribution >= 4 is 23.5 Å². The molecule has 0 radical (unpaired) electrons. The zero-order valence-corrected chi connectivity index (χ0v) is 14.5. The van der Waals surface area contributed by atoms with Gasteiger partial charge >= 0.3 is 6.03 Å². The van der Waals surface area contributed by atoms with Crippen molar-refractivity contribution in [1.82, 2.24) is 10.6 Å². The standard InChI is InChI=1S/C20H21N3O3/c1-2-14-5-3-4-6-15(14)12-18(24)21-16-9-7-13(8-10-16)11-17-19(25)23-20(26)22-17/h3-10,17H,2,11-12H2,1H3,(H,21,24)(H2,22,23,25,26). The molecule has 1 atom stereocenters. The van der Waals surface area contributed by atoms with E-state index >= 15 is 0 Å². The van der Waals surface area contributed by atoms with E-state index in [0.29, 0.717) is 18.5 Å². The molecule has 1 saturated heterocycles. The highest BCUT2D eigenvalue weighted by atomic mass is 16.2. The maximum atomic E-state index is 12.3. The topological polar surface area (TPSA) is 87.3 Å². The molecule has 2 aromatic carbocycles. The van der Waals surface area contributed by atoms with E-state index in [1.165, 1.54) is 5.56 Å². The molecule has 6 heteroatoms. The van der Waals surface area contributed by atoms with Gasteiger partial charge in [0.2, 0.25) is 5.91 Å². The summed E-state index contributed by atoms with van der Waals surface area (Å²) in [5.41, 5.74) is 3.82. The Labute approximate surface area is 152 Å². The third kappa shape index (κ3) is 4.27. The predicted molar refractivity (Wildman–Crippen MR) is 98.8 cm³/mol. The highest BCUT2D eigenvalue weighted by Crippen LogP contribution is 2.14. The van der Waals surface area contributed by atoms with Gasteiger partial charge < -0.3 is 10.6 Å². The second kappa shape index (κ2) is 7.82. The van der Waals surface area contributed by atoms with Crippen LogP contribution in [0.1, 0.15) is 23.6 Å². The van der Waals surface area contributed by atoms with Gasteiger partial charge in [-0.05, 0) is 35.2 Å². The molecule has 26 heavy (non-hydrogen) atoms. The Morgan fingerprint density at radius 3 is 2.35 bits per heavy atom. The summed E-state index contributed by atoms with van der Waals surface area (Å²) in [5, 5.41) is 7.67. The molecule has 3 rings (SSSR count). The van der Waals surface area contributed by atoms with E-state index in [4.69, 9.17) is 0 Å². The van der Waals surface area contributed by atoms with Gasteiger partial charge in [-0.2, -0.15) is 0 Å². The van der Waals surface area contributed by atoms with Gasteiger partial charge in [0.1, 0.15) is 6.04 Å². The monoisotopic (exact) mass is 351 g/mol. The van der Waals surface area contributed by atoms with Gasteiger partial charge in [-0.15, -0.1) is 0 Å². The first-order valence-corrected chi connectivity index (χ1v) is 8.62. The van der Waals surface area contributed by atoms with Crippen molar-refractivity contribution in [3.8, 4) is 0 Å². The molecular weight excluding hydrogens is 330 g/mol. The van der Waals surface area contributed by atoms with Gasteiger partial charge in [-0.25, -0.2) is 4.79 Å². The van der Waals surface area contributed by atoms with E-state index < -0.39 is 12.1 Å². The van der Waals surface area contributed by atoms with Crippen molar-refractivity contribution in [3.05, 3.63) is 65.2 Å². The Morgan fingerprint density at radius 1 is 1.04 bits per heavy atom. The molecule has 1 heterocycles. The van der Waals surface area contributed by atoms with Crippen molar-refractivity contribution in [1.29, 1.82) is 0 Å². The minimum Gasteiger partial charge on any atom is -0.326 e. The normalized spacial score (nSPS) is 16.1. The number of imide groups is 1. The van der Waals surface area contributed by atoms with Crippen LogP contribution in [0.2, 0.25) is 0 Å². The summed E-state index contributed by atoms with van der Waals surface area (Å²) >= 11 is 0. The molecule has 0 saturated carbocycles. The van der Waals surface area contributed by atoms with Crippen LogP contribution in [0.4, 0.5) is 10.5 Å². The van der Waals surface area contributed by atoms with E-state index in [2.05, 4.69) is 22.9 Å². The molecule has 1 unspecified atom stereocenters. The molecule has 0 aliphatic carbocycles. The summed E-state index contributed by atoms with van der Waals surface area (Å²) in [6.07, 6.45) is 1.64. The van der Waals surface area contributed by atoms with E-state index in [9.17, 15) is 14.4 Å². The summed E-state index contributed by atoms with van der Waals surface area (Å²) in [6, 6.07) is 14.2. The number of nitrogens with one attached hydrogen (secondary N) is 3. The number of carbonyl (C=O) groups is 3. The van der Waals surface area contributed by atoms with Crippen LogP contribution in [0, 0.1) is 0 Å². The molecule has 134 valence electrons. The number of hydrogen-bond acceptors (Lipinski definition) is 3. The first kappa shape index (κ1) is 17.7. The van der Waals surface area contributed by atoms with Crippen LogP contribution in [0.25, 0.3) is 0 Å². The van der Waals surface area contributed by atoms with Gasteiger partial charge in [0, 0.05) is 12.1 Å². The average Bonchev–Trinajstić information content (AvgIpc) is 2.94. The highest BCUT2D eigenvalue weighted by molar-refractivity contribution is 6.04. The number of amides is 4. The molecule has 3 N–H and O–H groups in total. The summed E-state index contributed by atoms with van der Waals surface area (Å²) in [5.74, 6) is -0.386. The molecule has 6 nitrogen and oxygen atoms in total. The number of urea groups is 1. The minimum absolute atomic E-state index is 0.0684. The quantitative estimate of drug-likeness (QED) is 0.697. The van der Waals surface area contributed by atoms with Gasteiger partial charge in [0.05, 0.1) is 6.42 Å². The smallest absolute Gasteiger partial charge is 0.322 e. The number of carbonyl (C=O) groups excluding carboxylic acids is 3. The Morgan fingerprint density at radius 2 is 1.73 bits per heavy atom. The zero-order chi connectivity index (χ0) is 18.5. The molecule has 2 aromatic rings. The van der Waals surface area contributed by atoms with Gasteiger partial charge in [0.25, 0.3) is 5.91 Å². The summed E-state index contributed by atoms with van der Waals surface area (Å²) in [6.45, 7) is 2.07. The molecule has 0 spiro atoms. The first-order valence-electron chi connectivity index (χ1n) is 8.62. The fraction of sp³-hybridized carbons (Fsp3) is 0.250. The Balaban J connectivity index is 1.58. The van der Waals surface area contributed by atoms with Crippen molar-refractivity contribution in [3.63, 3.8) is 0 Å². The maximum Gasteiger partial charge on any atom is 0.322 e. The van der Waals surface area contributed by atoms with Gasteiger partial charge in [-0.1, -0.05) is 43.3 Å². The number of anilines is 1. The third-order valence-electron chi connectivity index (χ3n) is 4.39. The van der Waals surface area contributed by atoms with Crippen molar-refractivity contribution in [2.75, 3.05) is 5.32 Å². The fourth-order valence-electron chi connectivity index (χ4n) is 3.02. The fourth-order valence-corrected chi connectivity index (χ4v) is 3.02. The SMILES string of the molecule is CCc1ccccc1CC(=O)Nc1ccc(CC2NC(=O)NC2=O)cc1. The van der Waals surface area contributed by atoms with Crippen molar-refractivity contribution in [2.45, 2.75) is 32.2 Å². The zero-order valence-electron chi connectivity index (χ0n) is 14.5. The van der Waals surface area contributed by atoms with E-state index in [-0.39, 0.29) is 11.8 Å². The molecule has 1 aliphatic rings. The maximum absolute atomic E-state index is 12.3. The van der Waals surface area contributed by atoms with Crippen LogP contribution in [-0.2, 0) is 28.9 Å². The molecular formula is C20H21N3O3. The summed E-state index contributed by atoms with van der Waals surface area (Å²) in [7, 11) is 0. The number of aryl methyl sites for hydroxylation is 1. The van der Waals surface area contributed by atoms with Crippen molar-refractivity contribution in [2.24, 2.45) is 0 Å². The lowest BCUT2D eigenvalue weighted by atomic mass is 10.0. The Bertz CT molecular complexity index is 830. The van der Waals surface area contributed by atoms with Crippen LogP contribution in [0.15, 0.2) is 48.5 Å². The largest absolute Gasteiger partial charge is 0.326 e. The molecule has 4 amide bonds. The van der Waals surface area contributed by atoms with E-state index in [1.54, 1.807) is 12.1 Å². The third-order valence-corrected chi connectivity index (χ3v) is 4.39. The Kier molecular flexibility index (Phi) is 5.31. The Hall–Kier alpha value is -3.15. The second-order valence-corrected chi connectivity index (χ2v) is 6.26. The summed E-state index contributed by atoms with van der Waals surface area (Å²) < 4.78 is 0. The number of hydrogen-bond donors (Lipinski definition) is 3. The van der Waals surface area contributed by atoms with Gasteiger partial charge in [-0.3, -0.25) is 14.9 Å². The molecule has 1 aliphatic heterocycles. The van der Waals surface area contributed by atoms with Crippen molar-refractivity contribution < 1.29 is 14.4 Å². The molecule has 1 fully saturated rings. The van der Waals surface area contributed by atoms with Crippen LogP contribution in [0.5, 0.6) is 0 Å². The molecule has 0 bridgehead atoms. The lowest BCUT2D eigenvalue weighted by Gasteiger charge is -2.10. The van der Waals surface area contributed by atoms with Crippen LogP contribution in [-0.4, -0.2) is 23.9 Å². The lowest BCUT2D eigenvalue weighted by Crippen LogP contribution is -2.31. The first-order chi connectivity index (χ1) is 12.5. The molecule has 0 aromatic heterocycles. The summed E-state index contributed by atoms with van der Waals surface area (Å²) in [4.78, 5) is 35.0. The number of rotatable bonds is 6. The van der Waals surface area contributed by atoms with Crippen LogP contribution >= 0.6 is 0 Å². The van der Waals surface area contributed by atoms with E-state index in [1.807, 2.05) is 36.4 Å². The second-order valence-electron chi connectivity index (χ2n) is 6.26. The van der Waals surface area contributed by atoms with Gasteiger partial charge in [0.15, 0.2) is 0 Å². The highest BCUT2D eigenvalue weighted by Gasteiger charge is 2.29. The lowest BCUT2D eigenvalue weighted by molar-refractivity contribution is -0.120. The van der Waals surface area contributed by atoms with Crippen LogP contribution < -0.4 is 16.0 Å².